The van der Waals surface area contributed by atoms with Crippen molar-refractivity contribution < 1.29 is 34.1 Å². The van der Waals surface area contributed by atoms with Crippen LogP contribution in [0.2, 0.25) is 0 Å². The van der Waals surface area contributed by atoms with Gasteiger partial charge in [-0.15, -0.1) is 0 Å². The second kappa shape index (κ2) is 15.9. The fraction of sp³-hybridized carbons (Fsp3) is 0.484. The largest absolute Gasteiger partial charge is 0.444 e. The maximum absolute atomic E-state index is 13.5. The number of hydrogen-bond donors (Lipinski definition) is 6. The van der Waals surface area contributed by atoms with E-state index in [-0.39, 0.29) is 19.3 Å². The Morgan fingerprint density at radius 3 is 1.81 bits per heavy atom. The van der Waals surface area contributed by atoms with Crippen LogP contribution in [0.4, 0.5) is 4.79 Å². The molecule has 6 atom stereocenters. The predicted octanol–water partition coefficient (Wildman–Crippen LogP) is 1.59. The Balaban J connectivity index is 2.25. The molecule has 2 aromatic carbocycles. The molecule has 2 aromatic rings. The molecule has 230 valence electrons. The molecule has 0 radical (unpaired) electrons. The van der Waals surface area contributed by atoms with Gasteiger partial charge in [-0.25, -0.2) is 4.79 Å². The monoisotopic (exact) mass is 584 g/mol. The van der Waals surface area contributed by atoms with Crippen LogP contribution in [-0.4, -0.2) is 70.0 Å². The van der Waals surface area contributed by atoms with Crippen LogP contribution >= 0.6 is 0 Å². The number of benzene rings is 2. The van der Waals surface area contributed by atoms with Gasteiger partial charge in [0.1, 0.15) is 17.7 Å². The number of nitrogens with one attached hydrogen (secondary N) is 3. The summed E-state index contributed by atoms with van der Waals surface area (Å²) in [5.74, 6) is -2.92. The van der Waals surface area contributed by atoms with Crippen LogP contribution in [0.5, 0.6) is 0 Å². The molecule has 11 nitrogen and oxygen atoms in total. The lowest BCUT2D eigenvalue weighted by molar-refractivity contribution is -0.133. The number of aliphatic hydroxyl groups is 2. The summed E-state index contributed by atoms with van der Waals surface area (Å²) in [6.45, 7) is 7.96. The van der Waals surface area contributed by atoms with E-state index in [0.717, 1.165) is 11.1 Å². The third-order valence-electron chi connectivity index (χ3n) is 6.53. The Kier molecular flexibility index (Phi) is 12.9. The number of alkyl carbamates (subject to hydrolysis) is 1. The van der Waals surface area contributed by atoms with Gasteiger partial charge in [0, 0.05) is 5.92 Å². The SMILES string of the molecule is C[C@H](NC(=O)[C@@H](Cc1ccccc1)C[C@@H](O)[C@H](Cc1ccccc1)NC(=O)OC(C)(C)C)C(=O)N[C@H](C(N)=O)[C@@H](C)O. The predicted molar refractivity (Wildman–Crippen MR) is 158 cm³/mol. The molecule has 0 spiro atoms. The summed E-state index contributed by atoms with van der Waals surface area (Å²) < 4.78 is 5.41. The number of ether oxygens (including phenoxy) is 1. The lowest BCUT2D eigenvalue weighted by Crippen LogP contribution is -2.56. The summed E-state index contributed by atoms with van der Waals surface area (Å²) >= 11 is 0. The molecule has 11 heteroatoms. The van der Waals surface area contributed by atoms with Crippen LogP contribution < -0.4 is 21.7 Å². The number of primary amides is 1. The second-order valence-electron chi connectivity index (χ2n) is 11.5. The number of hydrogen-bond acceptors (Lipinski definition) is 7. The molecule has 42 heavy (non-hydrogen) atoms. The minimum Gasteiger partial charge on any atom is -0.444 e. The van der Waals surface area contributed by atoms with E-state index in [1.807, 2.05) is 60.7 Å². The fourth-order valence-corrected chi connectivity index (χ4v) is 4.35. The Morgan fingerprint density at radius 2 is 1.33 bits per heavy atom. The van der Waals surface area contributed by atoms with Crippen molar-refractivity contribution >= 4 is 23.8 Å². The van der Waals surface area contributed by atoms with Crippen molar-refractivity contribution in [2.75, 3.05) is 0 Å². The van der Waals surface area contributed by atoms with Crippen molar-refractivity contribution in [1.29, 1.82) is 0 Å². The lowest BCUT2D eigenvalue weighted by atomic mass is 9.88. The maximum atomic E-state index is 13.5. The zero-order chi connectivity index (χ0) is 31.4. The zero-order valence-corrected chi connectivity index (χ0v) is 24.9. The van der Waals surface area contributed by atoms with Gasteiger partial charge >= 0.3 is 6.09 Å². The molecule has 0 fully saturated rings. The molecule has 0 unspecified atom stereocenters. The van der Waals surface area contributed by atoms with Gasteiger partial charge < -0.3 is 36.6 Å². The summed E-state index contributed by atoms with van der Waals surface area (Å²) in [5, 5.41) is 28.9. The van der Waals surface area contributed by atoms with Crippen LogP contribution in [0.1, 0.15) is 52.2 Å². The lowest BCUT2D eigenvalue weighted by Gasteiger charge is -2.29. The molecule has 0 aliphatic rings. The molecular formula is C31H44N4O7. The van der Waals surface area contributed by atoms with Crippen LogP contribution in [-0.2, 0) is 32.0 Å². The van der Waals surface area contributed by atoms with E-state index in [0.29, 0.717) is 0 Å². The van der Waals surface area contributed by atoms with Crippen LogP contribution in [0.3, 0.4) is 0 Å². The fourth-order valence-electron chi connectivity index (χ4n) is 4.35. The van der Waals surface area contributed by atoms with Crippen LogP contribution in [0.15, 0.2) is 60.7 Å². The van der Waals surface area contributed by atoms with E-state index in [1.54, 1.807) is 20.8 Å². The molecule has 4 amide bonds. The normalized spacial score (nSPS) is 15.7. The number of aliphatic hydroxyl groups excluding tert-OH is 2. The van der Waals surface area contributed by atoms with Crippen molar-refractivity contribution in [3.63, 3.8) is 0 Å². The Hall–Kier alpha value is -3.96. The van der Waals surface area contributed by atoms with Gasteiger partial charge in [0.2, 0.25) is 17.7 Å². The molecule has 0 heterocycles. The average molecular weight is 585 g/mol. The van der Waals surface area contributed by atoms with Crippen molar-refractivity contribution in [3.8, 4) is 0 Å². The number of carbonyl (C=O) groups excluding carboxylic acids is 4. The van der Waals surface area contributed by atoms with Gasteiger partial charge in [-0.2, -0.15) is 0 Å². The summed E-state index contributed by atoms with van der Waals surface area (Å²) in [7, 11) is 0. The molecule has 0 aromatic heterocycles. The molecule has 0 bridgehead atoms. The number of carbonyl (C=O) groups is 4. The molecule has 0 aliphatic heterocycles. The van der Waals surface area contributed by atoms with Crippen molar-refractivity contribution in [2.24, 2.45) is 11.7 Å². The van der Waals surface area contributed by atoms with E-state index < -0.39 is 65.7 Å². The number of nitrogens with two attached hydrogens (primary N) is 1. The first-order valence-corrected chi connectivity index (χ1v) is 14.0. The van der Waals surface area contributed by atoms with Crippen molar-refractivity contribution in [1.82, 2.24) is 16.0 Å². The van der Waals surface area contributed by atoms with Crippen LogP contribution in [0, 0.1) is 5.92 Å². The minimum atomic E-state index is -1.32. The van der Waals surface area contributed by atoms with E-state index in [9.17, 15) is 29.4 Å². The smallest absolute Gasteiger partial charge is 0.407 e. The maximum Gasteiger partial charge on any atom is 0.407 e. The highest BCUT2D eigenvalue weighted by Gasteiger charge is 2.32. The Morgan fingerprint density at radius 1 is 0.810 bits per heavy atom. The zero-order valence-electron chi connectivity index (χ0n) is 24.9. The Labute approximate surface area is 247 Å². The topological polar surface area (TPSA) is 180 Å². The molecule has 0 saturated heterocycles. The molecule has 7 N–H and O–H groups in total. The van der Waals surface area contributed by atoms with Crippen molar-refractivity contribution in [3.05, 3.63) is 71.8 Å². The molecule has 0 aliphatic carbocycles. The van der Waals surface area contributed by atoms with Gasteiger partial charge in [-0.3, -0.25) is 14.4 Å². The summed E-state index contributed by atoms with van der Waals surface area (Å²) in [6.07, 6.45) is -2.59. The number of amides is 4. The van der Waals surface area contributed by atoms with E-state index in [2.05, 4.69) is 16.0 Å². The third-order valence-corrected chi connectivity index (χ3v) is 6.53. The van der Waals surface area contributed by atoms with Gasteiger partial charge in [0.15, 0.2) is 0 Å². The van der Waals surface area contributed by atoms with Gasteiger partial charge in [-0.05, 0) is 65.0 Å². The average Bonchev–Trinajstić information content (AvgIpc) is 2.90. The summed E-state index contributed by atoms with van der Waals surface area (Å²) in [4.78, 5) is 50.4. The van der Waals surface area contributed by atoms with Crippen LogP contribution in [0.25, 0.3) is 0 Å². The molecule has 2 rings (SSSR count). The summed E-state index contributed by atoms with van der Waals surface area (Å²) in [5.41, 5.74) is 6.22. The molecule has 0 saturated carbocycles. The first kappa shape index (κ1) is 34.2. The third kappa shape index (κ3) is 11.9. The molecular weight excluding hydrogens is 540 g/mol. The van der Waals surface area contributed by atoms with E-state index in [1.165, 1.54) is 13.8 Å². The Bertz CT molecular complexity index is 1170. The highest BCUT2D eigenvalue weighted by molar-refractivity contribution is 5.92. The quantitative estimate of drug-likeness (QED) is 0.195. The minimum absolute atomic E-state index is 0.0417. The van der Waals surface area contributed by atoms with Gasteiger partial charge in [0.05, 0.1) is 18.2 Å². The van der Waals surface area contributed by atoms with E-state index >= 15 is 0 Å². The summed E-state index contributed by atoms with van der Waals surface area (Å²) in [6, 6.07) is 15.3. The first-order chi connectivity index (χ1) is 19.7. The van der Waals surface area contributed by atoms with E-state index in [4.69, 9.17) is 10.5 Å². The highest BCUT2D eigenvalue weighted by atomic mass is 16.6. The first-order valence-electron chi connectivity index (χ1n) is 14.0. The van der Waals surface area contributed by atoms with Gasteiger partial charge in [-0.1, -0.05) is 60.7 Å². The number of rotatable bonds is 14. The van der Waals surface area contributed by atoms with Crippen molar-refractivity contribution in [2.45, 2.75) is 89.8 Å². The highest BCUT2D eigenvalue weighted by Crippen LogP contribution is 2.20. The van der Waals surface area contributed by atoms with Gasteiger partial charge in [0.25, 0.3) is 0 Å². The standard InChI is InChI=1S/C31H44N4O7/c1-19(28(39)35-26(20(2)36)27(32)38)33-29(40)23(16-21-12-8-6-9-13-21)18-25(37)24(17-22-14-10-7-11-15-22)34-30(41)42-31(3,4)5/h6-15,19-20,23-26,36-37H,16-18H2,1-5H3,(H2,32,38)(H,33,40)(H,34,41)(H,35,39)/t19-,20+,23-,24-,25+,26-/m0/s1. The second-order valence-corrected chi connectivity index (χ2v) is 11.5.